The van der Waals surface area contributed by atoms with Crippen LogP contribution in [0.25, 0.3) is 0 Å². The molecule has 48 valence electrons. The monoisotopic (exact) mass is 126 g/mol. The minimum atomic E-state index is -0.0953. The van der Waals surface area contributed by atoms with Gasteiger partial charge in [-0.25, -0.2) is 4.73 Å². The Morgan fingerprint density at radius 3 is 2.89 bits per heavy atom. The number of aryl methyl sites for hydroxylation is 1. The van der Waals surface area contributed by atoms with Crippen molar-refractivity contribution < 1.29 is 9.84 Å². The molecular weight excluding hydrogens is 120 g/mol. The van der Waals surface area contributed by atoms with Gasteiger partial charge in [0, 0.05) is 0 Å². The van der Waals surface area contributed by atoms with Crippen LogP contribution in [0.1, 0.15) is 5.56 Å². The second-order valence-corrected chi connectivity index (χ2v) is 1.74. The molecule has 1 heterocycles. The van der Waals surface area contributed by atoms with Crippen molar-refractivity contribution in [2.45, 2.75) is 6.92 Å². The van der Waals surface area contributed by atoms with Crippen LogP contribution in [-0.4, -0.2) is 10.1 Å². The Balaban J connectivity index is 3.17. The van der Waals surface area contributed by atoms with Crippen molar-refractivity contribution >= 4 is 0 Å². The lowest BCUT2D eigenvalue weighted by molar-refractivity contribution is -0.609. The van der Waals surface area contributed by atoms with Crippen LogP contribution in [0.15, 0.2) is 12.5 Å². The van der Waals surface area contributed by atoms with Gasteiger partial charge in [0.2, 0.25) is 0 Å². The molecule has 1 aromatic rings. The molecule has 1 aromatic heterocycles. The van der Waals surface area contributed by atoms with Crippen molar-refractivity contribution in [2.24, 2.45) is 0 Å². The fraction of sp³-hybridized carbons (Fsp3) is 0.200. The third-order valence-corrected chi connectivity index (χ3v) is 0.967. The Hall–Kier alpha value is -1.32. The van der Waals surface area contributed by atoms with Crippen LogP contribution in [0, 0.1) is 12.1 Å². The van der Waals surface area contributed by atoms with Gasteiger partial charge in [-0.2, -0.15) is 0 Å². The summed E-state index contributed by atoms with van der Waals surface area (Å²) in [6, 6.07) is 0. The zero-order valence-corrected chi connectivity index (χ0v) is 4.90. The summed E-state index contributed by atoms with van der Waals surface area (Å²) in [7, 11) is 0. The van der Waals surface area contributed by atoms with Gasteiger partial charge in [-0.1, -0.05) is 0 Å². The lowest BCUT2D eigenvalue weighted by Gasteiger charge is -1.97. The molecule has 0 aliphatic heterocycles. The Morgan fingerprint density at radius 2 is 2.44 bits per heavy atom. The minimum absolute atomic E-state index is 0.0953. The van der Waals surface area contributed by atoms with Crippen LogP contribution in [0.5, 0.6) is 5.88 Å². The molecule has 0 amide bonds. The van der Waals surface area contributed by atoms with Crippen LogP contribution < -0.4 is 4.73 Å². The van der Waals surface area contributed by atoms with Crippen molar-refractivity contribution in [3.8, 4) is 5.88 Å². The van der Waals surface area contributed by atoms with E-state index in [1.54, 1.807) is 6.92 Å². The van der Waals surface area contributed by atoms with Gasteiger partial charge in [0.05, 0.1) is 5.56 Å². The number of hydrogen-bond donors (Lipinski definition) is 1. The first kappa shape index (κ1) is 5.81. The van der Waals surface area contributed by atoms with E-state index >= 15 is 0 Å². The number of aromatic hydroxyl groups is 1. The summed E-state index contributed by atoms with van der Waals surface area (Å²) in [5.74, 6) is -0.0953. The molecule has 0 aromatic carbocycles. The molecule has 4 nitrogen and oxygen atoms in total. The average molecular weight is 126 g/mol. The standard InChI is InChI=1S/C5H6N2O2/c1-4-2-7(9)3-6-5(4)8/h2-3H,1H3,(H,6,8). The molecule has 0 bridgehead atoms. The molecule has 0 saturated heterocycles. The first-order valence-electron chi connectivity index (χ1n) is 2.44. The summed E-state index contributed by atoms with van der Waals surface area (Å²) in [5.41, 5.74) is 0.479. The summed E-state index contributed by atoms with van der Waals surface area (Å²) < 4.78 is 0.537. The maximum Gasteiger partial charge on any atom is 0.332 e. The smallest absolute Gasteiger partial charge is 0.332 e. The molecular formula is C5H6N2O2. The molecule has 9 heavy (non-hydrogen) atoms. The second kappa shape index (κ2) is 1.89. The topological polar surface area (TPSA) is 60.1 Å². The Morgan fingerprint density at radius 1 is 1.78 bits per heavy atom. The SMILES string of the molecule is Cc1c[n+]([O-])cnc1O. The predicted molar refractivity (Wildman–Crippen MR) is 29.6 cm³/mol. The highest BCUT2D eigenvalue weighted by Gasteiger charge is 2.00. The van der Waals surface area contributed by atoms with Gasteiger partial charge in [-0.05, 0) is 11.9 Å². The van der Waals surface area contributed by atoms with Gasteiger partial charge in [0.25, 0.3) is 6.33 Å². The molecule has 1 N–H and O–H groups in total. The third-order valence-electron chi connectivity index (χ3n) is 0.967. The Kier molecular flexibility index (Phi) is 1.22. The van der Waals surface area contributed by atoms with Crippen molar-refractivity contribution in [1.29, 1.82) is 0 Å². The van der Waals surface area contributed by atoms with Crippen LogP contribution in [0.2, 0.25) is 0 Å². The van der Waals surface area contributed by atoms with E-state index in [9.17, 15) is 5.21 Å². The summed E-state index contributed by atoms with van der Waals surface area (Å²) in [6.07, 6.45) is 2.25. The second-order valence-electron chi connectivity index (χ2n) is 1.74. The zero-order chi connectivity index (χ0) is 6.85. The minimum Gasteiger partial charge on any atom is -0.711 e. The van der Waals surface area contributed by atoms with E-state index in [-0.39, 0.29) is 5.88 Å². The van der Waals surface area contributed by atoms with Crippen molar-refractivity contribution in [3.05, 3.63) is 23.3 Å². The first-order valence-corrected chi connectivity index (χ1v) is 2.44. The van der Waals surface area contributed by atoms with E-state index in [4.69, 9.17) is 5.11 Å². The highest BCUT2D eigenvalue weighted by molar-refractivity contribution is 5.15. The highest BCUT2D eigenvalue weighted by Crippen LogP contribution is 2.05. The van der Waals surface area contributed by atoms with Gasteiger partial charge in [0.15, 0.2) is 0 Å². The first-order chi connectivity index (χ1) is 4.20. The van der Waals surface area contributed by atoms with Crippen LogP contribution in [0.3, 0.4) is 0 Å². The maximum atomic E-state index is 10.4. The van der Waals surface area contributed by atoms with Crippen molar-refractivity contribution in [3.63, 3.8) is 0 Å². The molecule has 0 aliphatic carbocycles. The van der Waals surface area contributed by atoms with Crippen molar-refractivity contribution in [1.82, 2.24) is 4.98 Å². The summed E-state index contributed by atoms with van der Waals surface area (Å²) in [4.78, 5) is 3.38. The summed E-state index contributed by atoms with van der Waals surface area (Å²) in [6.45, 7) is 1.61. The van der Waals surface area contributed by atoms with Gasteiger partial charge in [-0.3, -0.25) is 0 Å². The summed E-state index contributed by atoms with van der Waals surface area (Å²) >= 11 is 0. The van der Waals surface area contributed by atoms with E-state index in [0.29, 0.717) is 10.3 Å². The molecule has 0 unspecified atom stereocenters. The maximum absolute atomic E-state index is 10.4. The number of rotatable bonds is 0. The fourth-order valence-corrected chi connectivity index (χ4v) is 0.495. The van der Waals surface area contributed by atoms with Crippen LogP contribution >= 0.6 is 0 Å². The molecule has 0 fully saturated rings. The lowest BCUT2D eigenvalue weighted by Crippen LogP contribution is -2.25. The van der Waals surface area contributed by atoms with Gasteiger partial charge < -0.3 is 10.3 Å². The van der Waals surface area contributed by atoms with Crippen molar-refractivity contribution in [2.75, 3.05) is 0 Å². The van der Waals surface area contributed by atoms with E-state index in [1.165, 1.54) is 6.20 Å². The molecule has 0 radical (unpaired) electrons. The van der Waals surface area contributed by atoms with E-state index < -0.39 is 0 Å². The predicted octanol–water partition coefficient (Wildman–Crippen LogP) is -0.271. The van der Waals surface area contributed by atoms with Crippen LogP contribution in [0.4, 0.5) is 0 Å². The van der Waals surface area contributed by atoms with Gasteiger partial charge in [-0.15, -0.1) is 0 Å². The largest absolute Gasteiger partial charge is 0.711 e. The third kappa shape index (κ3) is 1.07. The fourth-order valence-electron chi connectivity index (χ4n) is 0.495. The molecule has 0 spiro atoms. The molecule has 4 heteroatoms. The number of nitrogens with zero attached hydrogens (tertiary/aromatic N) is 2. The molecule has 0 saturated carbocycles. The highest BCUT2D eigenvalue weighted by atomic mass is 16.5. The van der Waals surface area contributed by atoms with Crippen LogP contribution in [-0.2, 0) is 0 Å². The molecule has 0 aliphatic rings. The Bertz CT molecular complexity index is 224. The molecule has 1 rings (SSSR count). The quantitative estimate of drug-likeness (QED) is 0.384. The van der Waals surface area contributed by atoms with E-state index in [1.807, 2.05) is 0 Å². The molecule has 0 atom stereocenters. The van der Waals surface area contributed by atoms with Gasteiger partial charge in [0.1, 0.15) is 6.20 Å². The van der Waals surface area contributed by atoms with Gasteiger partial charge >= 0.3 is 5.88 Å². The van der Waals surface area contributed by atoms with E-state index in [2.05, 4.69) is 4.98 Å². The lowest BCUT2D eigenvalue weighted by atomic mass is 10.4. The van der Waals surface area contributed by atoms with E-state index in [0.717, 1.165) is 6.33 Å². The average Bonchev–Trinajstić information content (AvgIpc) is 1.80. The summed E-state index contributed by atoms with van der Waals surface area (Å²) in [5, 5.41) is 19.2. The Labute approximate surface area is 52.0 Å². The number of hydrogen-bond acceptors (Lipinski definition) is 3. The number of aromatic nitrogens is 2. The normalized spacial score (nSPS) is 9.44. The zero-order valence-electron chi connectivity index (χ0n) is 4.90.